The summed E-state index contributed by atoms with van der Waals surface area (Å²) in [5.41, 5.74) is 1.09. The van der Waals surface area contributed by atoms with Crippen molar-refractivity contribution in [2.45, 2.75) is 12.5 Å². The van der Waals surface area contributed by atoms with E-state index in [-0.39, 0.29) is 6.03 Å². The smallest absolute Gasteiger partial charge is 0.317 e. The Morgan fingerprint density at radius 3 is 2.57 bits per heavy atom. The van der Waals surface area contributed by atoms with Gasteiger partial charge in [-0.05, 0) is 18.6 Å². The van der Waals surface area contributed by atoms with Crippen molar-refractivity contribution in [2.75, 3.05) is 84.3 Å². The van der Waals surface area contributed by atoms with Crippen molar-refractivity contribution in [1.82, 2.24) is 15.1 Å². The fraction of sp³-hybridized carbons (Fsp3) is 0.682. The number of hydrogen-bond donors (Lipinski definition) is 1. The second kappa shape index (κ2) is 10.3. The summed E-state index contributed by atoms with van der Waals surface area (Å²) in [5.74, 6) is 1.35. The van der Waals surface area contributed by atoms with Crippen LogP contribution in [-0.2, 0) is 9.47 Å². The number of benzene rings is 1. The summed E-state index contributed by atoms with van der Waals surface area (Å²) in [4.78, 5) is 19.5. The summed E-state index contributed by atoms with van der Waals surface area (Å²) in [6.07, 6.45) is 1.06. The first-order valence-electron chi connectivity index (χ1n) is 11.1. The Labute approximate surface area is 179 Å². The highest BCUT2D eigenvalue weighted by atomic mass is 16.5. The van der Waals surface area contributed by atoms with Crippen LogP contribution in [0.4, 0.5) is 10.5 Å². The van der Waals surface area contributed by atoms with Crippen molar-refractivity contribution in [3.05, 3.63) is 24.3 Å². The molecule has 3 aliphatic rings. The molecule has 0 aliphatic carbocycles. The molecule has 3 saturated heterocycles. The lowest BCUT2D eigenvalue weighted by Gasteiger charge is -2.39. The summed E-state index contributed by atoms with van der Waals surface area (Å²) in [6.45, 7) is 8.68. The number of methoxy groups -OCH3 is 1. The number of carbonyl (C=O) groups excluding carboxylic acids is 1. The molecule has 0 spiro atoms. The van der Waals surface area contributed by atoms with Gasteiger partial charge in [0.15, 0.2) is 0 Å². The van der Waals surface area contributed by atoms with Crippen LogP contribution in [0.15, 0.2) is 24.3 Å². The molecule has 2 amide bonds. The number of carbonyl (C=O) groups is 1. The predicted molar refractivity (Wildman–Crippen MR) is 115 cm³/mol. The Morgan fingerprint density at radius 2 is 1.87 bits per heavy atom. The largest absolute Gasteiger partial charge is 0.495 e. The molecule has 0 saturated carbocycles. The zero-order valence-electron chi connectivity index (χ0n) is 17.9. The maximum Gasteiger partial charge on any atom is 0.317 e. The minimum atomic E-state index is 0.0341. The first-order chi connectivity index (χ1) is 14.8. The van der Waals surface area contributed by atoms with E-state index < -0.39 is 0 Å². The molecule has 1 aromatic rings. The minimum absolute atomic E-state index is 0.0341. The van der Waals surface area contributed by atoms with E-state index in [4.69, 9.17) is 14.2 Å². The summed E-state index contributed by atoms with van der Waals surface area (Å²) in [6, 6.07) is 8.40. The number of para-hydroxylation sites is 2. The van der Waals surface area contributed by atoms with Gasteiger partial charge in [0.05, 0.1) is 32.6 Å². The average molecular weight is 419 g/mol. The van der Waals surface area contributed by atoms with Gasteiger partial charge in [0.1, 0.15) is 5.75 Å². The highest BCUT2D eigenvalue weighted by molar-refractivity contribution is 5.74. The van der Waals surface area contributed by atoms with E-state index in [1.54, 1.807) is 7.11 Å². The molecule has 166 valence electrons. The third-order valence-electron chi connectivity index (χ3n) is 6.48. The Hall–Kier alpha value is -2.03. The monoisotopic (exact) mass is 418 g/mol. The highest BCUT2D eigenvalue weighted by Gasteiger charge is 2.32. The maximum absolute atomic E-state index is 12.9. The fourth-order valence-corrected chi connectivity index (χ4v) is 4.70. The minimum Gasteiger partial charge on any atom is -0.495 e. The van der Waals surface area contributed by atoms with Gasteiger partial charge < -0.3 is 29.3 Å². The molecule has 4 rings (SSSR count). The van der Waals surface area contributed by atoms with Gasteiger partial charge in [-0.25, -0.2) is 4.79 Å². The van der Waals surface area contributed by atoms with Crippen LogP contribution in [0.3, 0.4) is 0 Å². The Kier molecular flexibility index (Phi) is 7.30. The lowest BCUT2D eigenvalue weighted by molar-refractivity contribution is 0.00185. The molecule has 1 N–H and O–H groups in total. The molecule has 1 aromatic carbocycles. The van der Waals surface area contributed by atoms with Crippen molar-refractivity contribution in [1.29, 1.82) is 0 Å². The SMILES string of the molecule is COc1ccccc1N1CCN(C(=O)NC[C@H]([C@@H]2CCOC2)N2CCOCC2)CC1. The predicted octanol–water partition coefficient (Wildman–Crippen LogP) is 1.26. The molecule has 0 unspecified atom stereocenters. The van der Waals surface area contributed by atoms with Gasteiger partial charge in [-0.2, -0.15) is 0 Å². The van der Waals surface area contributed by atoms with Crippen LogP contribution in [-0.4, -0.2) is 101 Å². The molecule has 3 heterocycles. The van der Waals surface area contributed by atoms with E-state index >= 15 is 0 Å². The van der Waals surface area contributed by atoms with E-state index in [2.05, 4.69) is 21.2 Å². The Balaban J connectivity index is 1.29. The molecular formula is C22H34N4O4. The van der Waals surface area contributed by atoms with Gasteiger partial charge in [0.25, 0.3) is 0 Å². The standard InChI is InChI=1S/C22H34N4O4/c1-28-21-5-3-2-4-19(21)24-7-9-26(10-8-24)22(27)23-16-20(18-6-13-30-17-18)25-11-14-29-15-12-25/h2-5,18,20H,6-17H2,1H3,(H,23,27)/t18-,20-/m1/s1. The first kappa shape index (κ1) is 21.2. The van der Waals surface area contributed by atoms with Crippen LogP contribution in [0, 0.1) is 5.92 Å². The number of morpholine rings is 1. The molecule has 8 nitrogen and oxygen atoms in total. The third kappa shape index (κ3) is 4.99. The fourth-order valence-electron chi connectivity index (χ4n) is 4.70. The van der Waals surface area contributed by atoms with Gasteiger partial charge in [-0.3, -0.25) is 4.90 Å². The number of amides is 2. The summed E-state index contributed by atoms with van der Waals surface area (Å²) >= 11 is 0. The molecule has 0 aromatic heterocycles. The van der Waals surface area contributed by atoms with Crippen LogP contribution in [0.2, 0.25) is 0 Å². The number of ether oxygens (including phenoxy) is 3. The molecule has 8 heteroatoms. The number of urea groups is 1. The van der Waals surface area contributed by atoms with Gasteiger partial charge in [0.2, 0.25) is 0 Å². The average Bonchev–Trinajstić information content (AvgIpc) is 3.34. The van der Waals surface area contributed by atoms with Crippen molar-refractivity contribution in [2.24, 2.45) is 5.92 Å². The number of anilines is 1. The van der Waals surface area contributed by atoms with Crippen molar-refractivity contribution in [3.63, 3.8) is 0 Å². The Morgan fingerprint density at radius 1 is 1.10 bits per heavy atom. The number of nitrogens with zero attached hydrogens (tertiary/aromatic N) is 3. The number of piperazine rings is 1. The van der Waals surface area contributed by atoms with E-state index in [9.17, 15) is 4.79 Å². The quantitative estimate of drug-likeness (QED) is 0.751. The van der Waals surface area contributed by atoms with Gasteiger partial charge >= 0.3 is 6.03 Å². The zero-order valence-corrected chi connectivity index (χ0v) is 17.9. The summed E-state index contributed by atoms with van der Waals surface area (Å²) in [5, 5.41) is 3.21. The van der Waals surface area contributed by atoms with Crippen molar-refractivity contribution < 1.29 is 19.0 Å². The van der Waals surface area contributed by atoms with Crippen LogP contribution in [0.25, 0.3) is 0 Å². The van der Waals surface area contributed by atoms with E-state index in [1.807, 2.05) is 23.1 Å². The topological polar surface area (TPSA) is 66.5 Å². The van der Waals surface area contributed by atoms with Crippen LogP contribution >= 0.6 is 0 Å². The van der Waals surface area contributed by atoms with Gasteiger partial charge in [-0.1, -0.05) is 12.1 Å². The van der Waals surface area contributed by atoms with Gasteiger partial charge in [-0.15, -0.1) is 0 Å². The second-order valence-electron chi connectivity index (χ2n) is 8.17. The highest BCUT2D eigenvalue weighted by Crippen LogP contribution is 2.28. The van der Waals surface area contributed by atoms with Gasteiger partial charge in [0, 0.05) is 64.4 Å². The third-order valence-corrected chi connectivity index (χ3v) is 6.48. The molecule has 30 heavy (non-hydrogen) atoms. The molecular weight excluding hydrogens is 384 g/mol. The molecule has 3 fully saturated rings. The van der Waals surface area contributed by atoms with Crippen LogP contribution < -0.4 is 15.0 Å². The maximum atomic E-state index is 12.9. The lowest BCUT2D eigenvalue weighted by Crippen LogP contribution is -2.56. The summed E-state index contributed by atoms with van der Waals surface area (Å²) < 4.78 is 16.6. The van der Waals surface area contributed by atoms with E-state index in [1.165, 1.54) is 0 Å². The number of nitrogens with one attached hydrogen (secondary N) is 1. The molecule has 2 atom stereocenters. The van der Waals surface area contributed by atoms with E-state index in [0.717, 1.165) is 70.5 Å². The number of rotatable bonds is 6. The lowest BCUT2D eigenvalue weighted by atomic mass is 9.97. The zero-order chi connectivity index (χ0) is 20.8. The Bertz CT molecular complexity index is 683. The van der Waals surface area contributed by atoms with Crippen LogP contribution in [0.1, 0.15) is 6.42 Å². The number of hydrogen-bond acceptors (Lipinski definition) is 6. The van der Waals surface area contributed by atoms with Crippen molar-refractivity contribution >= 4 is 11.7 Å². The second-order valence-corrected chi connectivity index (χ2v) is 8.17. The molecule has 0 bridgehead atoms. The van der Waals surface area contributed by atoms with E-state index in [0.29, 0.717) is 31.6 Å². The molecule has 3 aliphatic heterocycles. The first-order valence-corrected chi connectivity index (χ1v) is 11.1. The van der Waals surface area contributed by atoms with Crippen LogP contribution in [0.5, 0.6) is 5.75 Å². The normalized spacial score (nSPS) is 24.0. The van der Waals surface area contributed by atoms with Crippen molar-refractivity contribution in [3.8, 4) is 5.75 Å². The molecule has 0 radical (unpaired) electrons. The summed E-state index contributed by atoms with van der Waals surface area (Å²) in [7, 11) is 1.70.